The van der Waals surface area contributed by atoms with Crippen molar-refractivity contribution in [1.82, 2.24) is 5.32 Å². The van der Waals surface area contributed by atoms with E-state index in [1.807, 2.05) is 30.3 Å². The van der Waals surface area contributed by atoms with Gasteiger partial charge >= 0.3 is 0 Å². The van der Waals surface area contributed by atoms with E-state index >= 15 is 0 Å². The Hall–Kier alpha value is -1.03. The lowest BCUT2D eigenvalue weighted by molar-refractivity contribution is 0.305. The quantitative estimate of drug-likeness (QED) is 0.848. The van der Waals surface area contributed by atoms with Crippen LogP contribution < -0.4 is 10.1 Å². The molecule has 0 aliphatic rings. The molecule has 1 aromatic heterocycles. The van der Waals surface area contributed by atoms with Gasteiger partial charge in [0.25, 0.3) is 0 Å². The molecule has 4 heteroatoms. The van der Waals surface area contributed by atoms with Crippen LogP contribution in [0.4, 0.5) is 0 Å². The van der Waals surface area contributed by atoms with Gasteiger partial charge in [-0.2, -0.15) is 0 Å². The molecule has 0 spiro atoms. The fourth-order valence-electron chi connectivity index (χ4n) is 1.68. The second-order valence-corrected chi connectivity index (χ2v) is 6.44. The van der Waals surface area contributed by atoms with Crippen LogP contribution in [-0.2, 0) is 13.2 Å². The lowest BCUT2D eigenvalue weighted by Gasteiger charge is -2.13. The summed E-state index contributed by atoms with van der Waals surface area (Å²) in [5.74, 6) is 0.931. The molecule has 0 saturated heterocycles. The van der Waals surface area contributed by atoms with E-state index in [0.717, 1.165) is 21.5 Å². The molecule has 19 heavy (non-hydrogen) atoms. The zero-order valence-corrected chi connectivity index (χ0v) is 12.7. The Bertz CT molecular complexity index is 524. The highest BCUT2D eigenvalue weighted by molar-refractivity contribution is 7.16. The van der Waals surface area contributed by atoms with Gasteiger partial charge in [0, 0.05) is 23.0 Å². The standard InChI is InChI=1S/C15H18ClNOS/c1-11(2)17-9-12-5-3-4-6-14(12)18-10-13-7-8-15(16)19-13/h3-8,11,17H,9-10H2,1-2H3. The van der Waals surface area contributed by atoms with Crippen molar-refractivity contribution in [2.75, 3.05) is 0 Å². The number of thiophene rings is 1. The van der Waals surface area contributed by atoms with Crippen LogP contribution in [0.3, 0.4) is 0 Å². The van der Waals surface area contributed by atoms with Crippen molar-refractivity contribution in [3.05, 3.63) is 51.2 Å². The molecule has 0 radical (unpaired) electrons. The maximum Gasteiger partial charge on any atom is 0.124 e. The molecule has 1 N–H and O–H groups in total. The summed E-state index contributed by atoms with van der Waals surface area (Å²) < 4.78 is 6.68. The summed E-state index contributed by atoms with van der Waals surface area (Å²) in [5.41, 5.74) is 1.18. The fraction of sp³-hybridized carbons (Fsp3) is 0.333. The number of para-hydroxylation sites is 1. The number of nitrogens with one attached hydrogen (secondary N) is 1. The van der Waals surface area contributed by atoms with Crippen LogP contribution in [0.5, 0.6) is 5.75 Å². The number of rotatable bonds is 6. The van der Waals surface area contributed by atoms with Crippen molar-refractivity contribution in [1.29, 1.82) is 0 Å². The summed E-state index contributed by atoms with van der Waals surface area (Å²) in [4.78, 5) is 1.14. The van der Waals surface area contributed by atoms with E-state index in [9.17, 15) is 0 Å². The van der Waals surface area contributed by atoms with Gasteiger partial charge < -0.3 is 10.1 Å². The lowest BCUT2D eigenvalue weighted by Crippen LogP contribution is -2.22. The molecule has 1 heterocycles. The number of benzene rings is 1. The first-order valence-electron chi connectivity index (χ1n) is 6.33. The average molecular weight is 296 g/mol. The third kappa shape index (κ3) is 4.53. The van der Waals surface area contributed by atoms with Crippen molar-refractivity contribution in [2.45, 2.75) is 33.0 Å². The average Bonchev–Trinajstić information content (AvgIpc) is 2.80. The van der Waals surface area contributed by atoms with Crippen LogP contribution in [0.2, 0.25) is 4.34 Å². The SMILES string of the molecule is CC(C)NCc1ccccc1OCc1ccc(Cl)s1. The predicted octanol–water partition coefficient (Wildman–Crippen LogP) is 4.48. The molecule has 0 atom stereocenters. The van der Waals surface area contributed by atoms with E-state index in [2.05, 4.69) is 25.2 Å². The van der Waals surface area contributed by atoms with Crippen molar-refractivity contribution in [2.24, 2.45) is 0 Å². The van der Waals surface area contributed by atoms with Gasteiger partial charge in [-0.3, -0.25) is 0 Å². The highest BCUT2D eigenvalue weighted by Gasteiger charge is 2.05. The van der Waals surface area contributed by atoms with E-state index < -0.39 is 0 Å². The van der Waals surface area contributed by atoms with Crippen LogP contribution in [-0.4, -0.2) is 6.04 Å². The summed E-state index contributed by atoms with van der Waals surface area (Å²) in [6.07, 6.45) is 0. The maximum absolute atomic E-state index is 5.91. The van der Waals surface area contributed by atoms with Crippen LogP contribution in [0.1, 0.15) is 24.3 Å². The normalized spacial score (nSPS) is 10.9. The third-order valence-corrected chi connectivity index (χ3v) is 3.88. The molecule has 1 aromatic carbocycles. The molecule has 0 fully saturated rings. The topological polar surface area (TPSA) is 21.3 Å². The summed E-state index contributed by atoms with van der Waals surface area (Å²) in [5, 5.41) is 3.41. The molecule has 2 nitrogen and oxygen atoms in total. The van der Waals surface area contributed by atoms with E-state index in [1.165, 1.54) is 5.56 Å². The van der Waals surface area contributed by atoms with E-state index in [1.54, 1.807) is 11.3 Å². The second kappa shape index (κ2) is 6.94. The van der Waals surface area contributed by atoms with Gasteiger partial charge in [-0.15, -0.1) is 11.3 Å². The van der Waals surface area contributed by atoms with Crippen LogP contribution >= 0.6 is 22.9 Å². The minimum atomic E-state index is 0.462. The summed E-state index contributed by atoms with van der Waals surface area (Å²) >= 11 is 7.47. The van der Waals surface area contributed by atoms with Gasteiger partial charge in [-0.1, -0.05) is 43.6 Å². The Morgan fingerprint density at radius 2 is 2.00 bits per heavy atom. The molecular weight excluding hydrogens is 278 g/mol. The smallest absolute Gasteiger partial charge is 0.124 e. The monoisotopic (exact) mass is 295 g/mol. The first-order valence-corrected chi connectivity index (χ1v) is 7.53. The summed E-state index contributed by atoms with van der Waals surface area (Å²) in [6, 6.07) is 12.5. The lowest BCUT2D eigenvalue weighted by atomic mass is 10.2. The van der Waals surface area contributed by atoms with Crippen LogP contribution in [0, 0.1) is 0 Å². The van der Waals surface area contributed by atoms with Crippen LogP contribution in [0.25, 0.3) is 0 Å². The van der Waals surface area contributed by atoms with Gasteiger partial charge in [0.05, 0.1) is 4.34 Å². The molecule has 0 saturated carbocycles. The molecule has 2 aromatic rings. The largest absolute Gasteiger partial charge is 0.488 e. The molecule has 0 bridgehead atoms. The maximum atomic E-state index is 5.91. The Labute approximate surface area is 123 Å². The highest BCUT2D eigenvalue weighted by atomic mass is 35.5. The molecule has 0 aliphatic heterocycles. The van der Waals surface area contributed by atoms with Crippen molar-refractivity contribution >= 4 is 22.9 Å². The highest BCUT2D eigenvalue weighted by Crippen LogP contribution is 2.24. The van der Waals surface area contributed by atoms with Gasteiger partial charge in [-0.25, -0.2) is 0 Å². The Kier molecular flexibility index (Phi) is 5.25. The van der Waals surface area contributed by atoms with Gasteiger partial charge in [0.1, 0.15) is 12.4 Å². The van der Waals surface area contributed by atoms with Crippen molar-refractivity contribution in [3.63, 3.8) is 0 Å². The van der Waals surface area contributed by atoms with Crippen molar-refractivity contribution < 1.29 is 4.74 Å². The number of ether oxygens (including phenoxy) is 1. The fourth-order valence-corrected chi connectivity index (χ4v) is 2.68. The van der Waals surface area contributed by atoms with E-state index in [0.29, 0.717) is 12.6 Å². The van der Waals surface area contributed by atoms with Crippen molar-refractivity contribution in [3.8, 4) is 5.75 Å². The van der Waals surface area contributed by atoms with Gasteiger partial charge in [0.15, 0.2) is 0 Å². The molecule has 0 unspecified atom stereocenters. The van der Waals surface area contributed by atoms with E-state index in [-0.39, 0.29) is 0 Å². The molecule has 102 valence electrons. The Morgan fingerprint density at radius 3 is 2.68 bits per heavy atom. The number of hydrogen-bond acceptors (Lipinski definition) is 3. The minimum absolute atomic E-state index is 0.462. The van der Waals surface area contributed by atoms with Crippen LogP contribution in [0.15, 0.2) is 36.4 Å². The first-order chi connectivity index (χ1) is 9.15. The Morgan fingerprint density at radius 1 is 1.21 bits per heavy atom. The van der Waals surface area contributed by atoms with Gasteiger partial charge in [0.2, 0.25) is 0 Å². The third-order valence-electron chi connectivity index (χ3n) is 2.67. The summed E-state index contributed by atoms with van der Waals surface area (Å²) in [6.45, 7) is 5.66. The summed E-state index contributed by atoms with van der Waals surface area (Å²) in [7, 11) is 0. The Balaban J connectivity index is 1.99. The molecule has 0 aliphatic carbocycles. The second-order valence-electron chi connectivity index (χ2n) is 4.64. The molecule has 2 rings (SSSR count). The zero-order chi connectivity index (χ0) is 13.7. The molecular formula is C15H18ClNOS. The number of hydrogen-bond donors (Lipinski definition) is 1. The zero-order valence-electron chi connectivity index (χ0n) is 11.2. The first kappa shape index (κ1) is 14.4. The molecule has 0 amide bonds. The minimum Gasteiger partial charge on any atom is -0.488 e. The van der Waals surface area contributed by atoms with Gasteiger partial charge in [-0.05, 0) is 18.2 Å². The number of halogens is 1. The predicted molar refractivity (Wildman–Crippen MR) is 82.1 cm³/mol. The van der Waals surface area contributed by atoms with E-state index in [4.69, 9.17) is 16.3 Å².